The van der Waals surface area contributed by atoms with Crippen molar-refractivity contribution in [1.29, 1.82) is 0 Å². The summed E-state index contributed by atoms with van der Waals surface area (Å²) in [6, 6.07) is -2.87. The number of nitrogens with two attached hydrogens (primary N) is 1. The highest BCUT2D eigenvalue weighted by Gasteiger charge is 2.22. The van der Waals surface area contributed by atoms with Crippen molar-refractivity contribution in [3.63, 3.8) is 0 Å². The number of urea groups is 1. The molecule has 6 N–H and O–H groups in total. The maximum atomic E-state index is 11.5. The fraction of sp³-hybridized carbons (Fsp3) is 0.600. The largest absolute Gasteiger partial charge is 0.480 e. The lowest BCUT2D eigenvalue weighted by Crippen LogP contribution is -2.52. The molecule has 2 atom stereocenters. The smallest absolute Gasteiger partial charge is 0.326 e. The predicted molar refractivity (Wildman–Crippen MR) is 65.0 cm³/mol. The SMILES string of the molecule is CNC(=O)C(C)NC(=O)NC(CCC(N)=O)C(=O)O. The van der Waals surface area contributed by atoms with Gasteiger partial charge in [-0.2, -0.15) is 0 Å². The number of carbonyl (C=O) groups excluding carboxylic acids is 3. The number of hydrogen-bond acceptors (Lipinski definition) is 4. The van der Waals surface area contributed by atoms with E-state index in [0.29, 0.717) is 0 Å². The summed E-state index contributed by atoms with van der Waals surface area (Å²) < 4.78 is 0. The maximum absolute atomic E-state index is 11.5. The van der Waals surface area contributed by atoms with E-state index in [-0.39, 0.29) is 12.8 Å². The molecule has 0 aromatic carbocycles. The van der Waals surface area contributed by atoms with Crippen molar-refractivity contribution in [3.8, 4) is 0 Å². The highest BCUT2D eigenvalue weighted by Crippen LogP contribution is 1.97. The van der Waals surface area contributed by atoms with Crippen molar-refractivity contribution >= 4 is 23.8 Å². The lowest BCUT2D eigenvalue weighted by Gasteiger charge is -2.17. The molecule has 108 valence electrons. The van der Waals surface area contributed by atoms with E-state index in [4.69, 9.17) is 10.8 Å². The van der Waals surface area contributed by atoms with Crippen LogP contribution in [0.15, 0.2) is 0 Å². The van der Waals surface area contributed by atoms with Crippen LogP contribution >= 0.6 is 0 Å². The van der Waals surface area contributed by atoms with Crippen LogP contribution in [0.4, 0.5) is 4.79 Å². The fourth-order valence-corrected chi connectivity index (χ4v) is 1.22. The van der Waals surface area contributed by atoms with E-state index < -0.39 is 35.9 Å². The third-order valence-electron chi connectivity index (χ3n) is 2.27. The molecule has 9 heteroatoms. The molecule has 0 saturated carbocycles. The summed E-state index contributed by atoms with van der Waals surface area (Å²) in [5, 5.41) is 15.6. The van der Waals surface area contributed by atoms with Crippen molar-refractivity contribution in [2.24, 2.45) is 5.73 Å². The highest BCUT2D eigenvalue weighted by molar-refractivity contribution is 5.88. The molecule has 0 aromatic rings. The Morgan fingerprint density at radius 2 is 1.79 bits per heavy atom. The Labute approximate surface area is 109 Å². The topological polar surface area (TPSA) is 151 Å². The number of likely N-dealkylation sites (N-methyl/N-ethyl adjacent to an activating group) is 1. The van der Waals surface area contributed by atoms with Crippen LogP contribution in [-0.2, 0) is 14.4 Å². The normalized spacial score (nSPS) is 12.9. The molecule has 0 rings (SSSR count). The van der Waals surface area contributed by atoms with Crippen molar-refractivity contribution < 1.29 is 24.3 Å². The third-order valence-corrected chi connectivity index (χ3v) is 2.27. The van der Waals surface area contributed by atoms with Crippen LogP contribution < -0.4 is 21.7 Å². The minimum Gasteiger partial charge on any atom is -0.480 e. The van der Waals surface area contributed by atoms with Gasteiger partial charge in [-0.25, -0.2) is 9.59 Å². The quantitative estimate of drug-likeness (QED) is 0.369. The Hall–Kier alpha value is -2.32. The molecular weight excluding hydrogens is 256 g/mol. The maximum Gasteiger partial charge on any atom is 0.326 e. The zero-order valence-electron chi connectivity index (χ0n) is 10.7. The van der Waals surface area contributed by atoms with Crippen LogP contribution in [0, 0.1) is 0 Å². The lowest BCUT2D eigenvalue weighted by atomic mass is 10.1. The van der Waals surface area contributed by atoms with E-state index >= 15 is 0 Å². The van der Waals surface area contributed by atoms with Gasteiger partial charge in [0.1, 0.15) is 12.1 Å². The van der Waals surface area contributed by atoms with Crippen LogP contribution in [0.3, 0.4) is 0 Å². The van der Waals surface area contributed by atoms with E-state index in [2.05, 4.69) is 16.0 Å². The van der Waals surface area contributed by atoms with Gasteiger partial charge in [0.2, 0.25) is 11.8 Å². The Morgan fingerprint density at radius 3 is 2.21 bits per heavy atom. The van der Waals surface area contributed by atoms with E-state index in [1.165, 1.54) is 14.0 Å². The van der Waals surface area contributed by atoms with Gasteiger partial charge in [-0.3, -0.25) is 9.59 Å². The Bertz CT molecular complexity index is 371. The van der Waals surface area contributed by atoms with Crippen LogP contribution in [0.1, 0.15) is 19.8 Å². The molecule has 0 aliphatic rings. The van der Waals surface area contributed by atoms with E-state index in [1.54, 1.807) is 0 Å². The summed E-state index contributed by atoms with van der Waals surface area (Å²) in [4.78, 5) is 44.0. The predicted octanol–water partition coefficient (Wildman–Crippen LogP) is -1.86. The number of carboxylic acid groups (broad SMARTS) is 1. The standard InChI is InChI=1S/C10H18N4O5/c1-5(8(16)12-2)13-10(19)14-6(9(17)18)3-4-7(11)15/h5-6H,3-4H2,1-2H3,(H2,11,15)(H,12,16)(H,17,18)(H2,13,14,19). The number of carboxylic acids is 1. The first-order valence-electron chi connectivity index (χ1n) is 5.57. The van der Waals surface area contributed by atoms with Crippen LogP contribution in [0.5, 0.6) is 0 Å². The van der Waals surface area contributed by atoms with E-state index in [9.17, 15) is 19.2 Å². The molecule has 0 bridgehead atoms. The molecule has 0 aromatic heterocycles. The average molecular weight is 274 g/mol. The van der Waals surface area contributed by atoms with Gasteiger partial charge in [0.05, 0.1) is 0 Å². The van der Waals surface area contributed by atoms with Crippen molar-refractivity contribution in [3.05, 3.63) is 0 Å². The van der Waals surface area contributed by atoms with Gasteiger partial charge in [-0.1, -0.05) is 0 Å². The second kappa shape index (κ2) is 7.90. The minimum atomic E-state index is -1.29. The summed E-state index contributed by atoms with van der Waals surface area (Å²) in [6.45, 7) is 1.44. The van der Waals surface area contributed by atoms with Crippen molar-refractivity contribution in [2.75, 3.05) is 7.05 Å². The molecule has 0 fully saturated rings. The van der Waals surface area contributed by atoms with Crippen molar-refractivity contribution in [1.82, 2.24) is 16.0 Å². The Balaban J connectivity index is 4.35. The number of aliphatic carboxylic acids is 1. The Kier molecular flexibility index (Phi) is 6.94. The number of primary amides is 1. The molecule has 0 spiro atoms. The molecule has 0 aliphatic heterocycles. The first-order valence-corrected chi connectivity index (χ1v) is 5.57. The molecule has 0 heterocycles. The first-order chi connectivity index (χ1) is 8.77. The third kappa shape index (κ3) is 6.86. The number of rotatable bonds is 7. The zero-order valence-corrected chi connectivity index (χ0v) is 10.7. The van der Waals surface area contributed by atoms with Crippen LogP contribution in [0.2, 0.25) is 0 Å². The summed E-state index contributed by atoms with van der Waals surface area (Å²) in [7, 11) is 1.41. The van der Waals surface area contributed by atoms with Gasteiger partial charge in [0.15, 0.2) is 0 Å². The lowest BCUT2D eigenvalue weighted by molar-refractivity contribution is -0.139. The monoisotopic (exact) mass is 274 g/mol. The number of carbonyl (C=O) groups is 4. The van der Waals surface area contributed by atoms with Gasteiger partial charge < -0.3 is 26.8 Å². The van der Waals surface area contributed by atoms with Crippen LogP contribution in [-0.4, -0.2) is 48.1 Å². The first kappa shape index (κ1) is 16.7. The second-order valence-corrected chi connectivity index (χ2v) is 3.85. The van der Waals surface area contributed by atoms with Gasteiger partial charge >= 0.3 is 12.0 Å². The molecule has 9 nitrogen and oxygen atoms in total. The minimum absolute atomic E-state index is 0.119. The Morgan fingerprint density at radius 1 is 1.21 bits per heavy atom. The summed E-state index contributed by atoms with van der Waals surface area (Å²) in [5.41, 5.74) is 4.90. The molecule has 0 radical (unpaired) electrons. The number of nitrogens with one attached hydrogen (secondary N) is 3. The van der Waals surface area contributed by atoms with Crippen molar-refractivity contribution in [2.45, 2.75) is 31.8 Å². The van der Waals surface area contributed by atoms with Gasteiger partial charge in [-0.05, 0) is 13.3 Å². The summed E-state index contributed by atoms with van der Waals surface area (Å²) >= 11 is 0. The average Bonchev–Trinajstić information content (AvgIpc) is 2.32. The van der Waals surface area contributed by atoms with Crippen LogP contribution in [0.25, 0.3) is 0 Å². The number of amides is 4. The highest BCUT2D eigenvalue weighted by atomic mass is 16.4. The van der Waals surface area contributed by atoms with Gasteiger partial charge in [0.25, 0.3) is 0 Å². The number of hydrogen-bond donors (Lipinski definition) is 5. The molecule has 2 unspecified atom stereocenters. The van der Waals surface area contributed by atoms with E-state index in [1.807, 2.05) is 0 Å². The molecule has 19 heavy (non-hydrogen) atoms. The summed E-state index contributed by atoms with van der Waals surface area (Å²) in [5.74, 6) is -2.37. The molecular formula is C10H18N4O5. The fourth-order valence-electron chi connectivity index (χ4n) is 1.22. The van der Waals surface area contributed by atoms with Gasteiger partial charge in [0, 0.05) is 13.5 Å². The van der Waals surface area contributed by atoms with E-state index in [0.717, 1.165) is 0 Å². The molecule has 0 aliphatic carbocycles. The second-order valence-electron chi connectivity index (χ2n) is 3.85. The zero-order chi connectivity index (χ0) is 15.0. The molecule has 4 amide bonds. The molecule has 0 saturated heterocycles. The summed E-state index contributed by atoms with van der Waals surface area (Å²) in [6.07, 6.45) is -0.283. The van der Waals surface area contributed by atoms with Gasteiger partial charge in [-0.15, -0.1) is 0 Å².